The van der Waals surface area contributed by atoms with Gasteiger partial charge < -0.3 is 20.4 Å². The minimum atomic E-state index is -4.15. The lowest BCUT2D eigenvalue weighted by molar-refractivity contribution is -0.0458. The highest BCUT2D eigenvalue weighted by Gasteiger charge is 2.31. The Kier molecular flexibility index (Phi) is 11.5. The topological polar surface area (TPSA) is 131 Å². The van der Waals surface area contributed by atoms with Crippen LogP contribution >= 0.6 is 0 Å². The van der Waals surface area contributed by atoms with Crippen molar-refractivity contribution in [2.75, 3.05) is 32.7 Å². The van der Waals surface area contributed by atoms with Crippen molar-refractivity contribution in [3.8, 4) is 0 Å². The third kappa shape index (κ3) is 10.8. The first-order valence-electron chi connectivity index (χ1n) is 10.5. The average Bonchev–Trinajstić information content (AvgIpc) is 2.58. The highest BCUT2D eigenvalue weighted by molar-refractivity contribution is 7.86. The molecule has 0 saturated heterocycles. The molecule has 0 amide bonds. The van der Waals surface area contributed by atoms with Crippen LogP contribution < -0.4 is 0 Å². The molecule has 4 N–H and O–H groups in total. The van der Waals surface area contributed by atoms with Gasteiger partial charge in [0.1, 0.15) is 6.23 Å². The summed E-state index contributed by atoms with van der Waals surface area (Å²) in [5.41, 5.74) is 0.903. The van der Waals surface area contributed by atoms with Crippen LogP contribution in [0.15, 0.2) is 29.2 Å². The lowest BCUT2D eigenvalue weighted by atomic mass is 10.2. The van der Waals surface area contributed by atoms with E-state index in [1.165, 1.54) is 12.1 Å². The van der Waals surface area contributed by atoms with Crippen LogP contribution in [0.5, 0.6) is 0 Å². The van der Waals surface area contributed by atoms with Crippen LogP contribution in [0.25, 0.3) is 0 Å². The maximum Gasteiger partial charge on any atom is 0.298 e. The number of rotatable bonds is 14. The van der Waals surface area contributed by atoms with Gasteiger partial charge in [0.25, 0.3) is 10.1 Å². The first-order valence-corrected chi connectivity index (χ1v) is 11.9. The average molecular weight is 463 g/mol. The molecule has 1 aromatic carbocycles. The number of aliphatic hydroxyl groups excluding tert-OH is 4. The Morgan fingerprint density at radius 3 is 1.58 bits per heavy atom. The van der Waals surface area contributed by atoms with Gasteiger partial charge in [-0.15, -0.1) is 0 Å². The summed E-state index contributed by atoms with van der Waals surface area (Å²) >= 11 is 0. The summed E-state index contributed by atoms with van der Waals surface area (Å²) in [5.74, 6) is 0. The molecule has 0 saturated carbocycles. The molecule has 0 radical (unpaired) electrons. The maximum absolute atomic E-state index is 13.0. The van der Waals surface area contributed by atoms with Crippen molar-refractivity contribution in [2.24, 2.45) is 0 Å². The molecule has 9 nitrogen and oxygen atoms in total. The first kappa shape index (κ1) is 27.9. The largest absolute Gasteiger partial charge is 0.392 e. The monoisotopic (exact) mass is 462 g/mol. The zero-order chi connectivity index (χ0) is 23.8. The number of aliphatic hydroxyl groups is 4. The van der Waals surface area contributed by atoms with E-state index >= 15 is 0 Å². The molecule has 5 atom stereocenters. The Morgan fingerprint density at radius 1 is 0.774 bits per heavy atom. The van der Waals surface area contributed by atoms with E-state index in [2.05, 4.69) is 0 Å². The number of hydrogen-bond acceptors (Lipinski definition) is 9. The van der Waals surface area contributed by atoms with E-state index in [-0.39, 0.29) is 37.6 Å². The van der Waals surface area contributed by atoms with Gasteiger partial charge in [0.05, 0.1) is 29.3 Å². The number of aryl methyl sites for hydroxylation is 1. The molecule has 10 heteroatoms. The van der Waals surface area contributed by atoms with Crippen LogP contribution in [-0.4, -0.2) is 102 Å². The Bertz CT molecular complexity index is 717. The molecule has 0 aliphatic heterocycles. The van der Waals surface area contributed by atoms with Gasteiger partial charge in [0.15, 0.2) is 0 Å². The van der Waals surface area contributed by atoms with E-state index < -0.39 is 40.8 Å². The molecule has 0 fully saturated rings. The van der Waals surface area contributed by atoms with Crippen molar-refractivity contribution in [3.05, 3.63) is 29.8 Å². The lowest BCUT2D eigenvalue weighted by Crippen LogP contribution is -2.52. The molecule has 0 aliphatic rings. The van der Waals surface area contributed by atoms with Gasteiger partial charge in [-0.1, -0.05) is 17.7 Å². The molecule has 0 heterocycles. The van der Waals surface area contributed by atoms with Gasteiger partial charge in [-0.3, -0.25) is 9.80 Å². The van der Waals surface area contributed by atoms with E-state index in [9.17, 15) is 28.8 Å². The van der Waals surface area contributed by atoms with Gasteiger partial charge in [0, 0.05) is 32.7 Å². The van der Waals surface area contributed by atoms with E-state index in [1.807, 2.05) is 6.92 Å². The van der Waals surface area contributed by atoms with Crippen molar-refractivity contribution < 1.29 is 33.0 Å². The Morgan fingerprint density at radius 2 is 1.19 bits per heavy atom. The third-order valence-corrected chi connectivity index (χ3v) is 5.74. The molecular weight excluding hydrogens is 424 g/mol. The zero-order valence-corrected chi connectivity index (χ0v) is 19.9. The molecule has 180 valence electrons. The van der Waals surface area contributed by atoms with Crippen molar-refractivity contribution in [2.45, 2.75) is 70.2 Å². The minimum Gasteiger partial charge on any atom is -0.392 e. The molecule has 1 aromatic rings. The second-order valence-electron chi connectivity index (χ2n) is 8.39. The van der Waals surface area contributed by atoms with E-state index in [1.54, 1.807) is 49.6 Å². The summed E-state index contributed by atoms with van der Waals surface area (Å²) in [5, 5.41) is 39.5. The van der Waals surface area contributed by atoms with Crippen LogP contribution in [0.2, 0.25) is 0 Å². The highest BCUT2D eigenvalue weighted by Crippen LogP contribution is 2.19. The van der Waals surface area contributed by atoms with Crippen LogP contribution in [0, 0.1) is 6.92 Å². The fourth-order valence-electron chi connectivity index (χ4n) is 3.29. The van der Waals surface area contributed by atoms with Crippen molar-refractivity contribution in [1.29, 1.82) is 0 Å². The lowest BCUT2D eigenvalue weighted by Gasteiger charge is -2.36. The number of hydrogen-bond donors (Lipinski definition) is 4. The van der Waals surface area contributed by atoms with E-state index in [4.69, 9.17) is 4.18 Å². The standard InChI is InChI=1S/C21H38N2O7S/c1-15-6-8-20(9-7-15)31(28,29)30-21(23(12-18(4)26)13-19(5)27)14-22(10-16(2)24)11-17(3)25/h6-9,16-19,21,24-27H,10-14H2,1-5H3. The minimum absolute atomic E-state index is 0.00486. The van der Waals surface area contributed by atoms with Gasteiger partial charge in [-0.05, 0) is 46.8 Å². The van der Waals surface area contributed by atoms with Gasteiger partial charge in [-0.2, -0.15) is 8.42 Å². The summed E-state index contributed by atoms with van der Waals surface area (Å²) in [6.07, 6.45) is -4.08. The Hall–Kier alpha value is -1.11. The molecular formula is C21H38N2O7S. The summed E-state index contributed by atoms with van der Waals surface area (Å²) in [6, 6.07) is 6.25. The second-order valence-corrected chi connectivity index (χ2v) is 9.96. The van der Waals surface area contributed by atoms with Crippen LogP contribution in [0.3, 0.4) is 0 Å². The second kappa shape index (κ2) is 12.8. The van der Waals surface area contributed by atoms with Crippen LogP contribution in [0.4, 0.5) is 0 Å². The molecule has 31 heavy (non-hydrogen) atoms. The molecule has 0 aromatic heterocycles. The zero-order valence-electron chi connectivity index (χ0n) is 19.0. The van der Waals surface area contributed by atoms with Crippen molar-refractivity contribution >= 4 is 10.1 Å². The van der Waals surface area contributed by atoms with Crippen molar-refractivity contribution in [3.63, 3.8) is 0 Å². The highest BCUT2D eigenvalue weighted by atomic mass is 32.2. The predicted octanol–water partition coefficient (Wildman–Crippen LogP) is 0.154. The predicted molar refractivity (Wildman–Crippen MR) is 118 cm³/mol. The van der Waals surface area contributed by atoms with Gasteiger partial charge in [0.2, 0.25) is 0 Å². The third-order valence-electron chi connectivity index (χ3n) is 4.41. The normalized spacial score (nSPS) is 17.5. The maximum atomic E-state index is 13.0. The summed E-state index contributed by atoms with van der Waals surface area (Å²) in [7, 11) is -4.15. The molecule has 5 unspecified atom stereocenters. The first-order chi connectivity index (χ1) is 14.3. The van der Waals surface area contributed by atoms with Crippen molar-refractivity contribution in [1.82, 2.24) is 9.80 Å². The van der Waals surface area contributed by atoms with Gasteiger partial charge >= 0.3 is 0 Å². The quantitative estimate of drug-likeness (QED) is 0.225. The van der Waals surface area contributed by atoms with E-state index in [0.29, 0.717) is 0 Å². The molecule has 1 rings (SSSR count). The molecule has 0 bridgehead atoms. The van der Waals surface area contributed by atoms with Gasteiger partial charge in [-0.25, -0.2) is 4.18 Å². The summed E-state index contributed by atoms with van der Waals surface area (Å²) in [6.45, 7) is 8.69. The fourth-order valence-corrected chi connectivity index (χ4v) is 4.35. The SMILES string of the molecule is Cc1ccc(S(=O)(=O)OC(CN(CC(C)O)CC(C)O)N(CC(C)O)CC(C)O)cc1. The van der Waals surface area contributed by atoms with E-state index in [0.717, 1.165) is 5.56 Å². The summed E-state index contributed by atoms with van der Waals surface area (Å²) in [4.78, 5) is 3.25. The summed E-state index contributed by atoms with van der Waals surface area (Å²) < 4.78 is 31.5. The fraction of sp³-hybridized carbons (Fsp3) is 0.714. The molecule has 0 aliphatic carbocycles. The number of nitrogens with zero attached hydrogens (tertiary/aromatic N) is 2. The van der Waals surface area contributed by atoms with Crippen LogP contribution in [0.1, 0.15) is 33.3 Å². The Labute approximate surface area is 186 Å². The van der Waals surface area contributed by atoms with Crippen LogP contribution in [-0.2, 0) is 14.3 Å². The molecule has 0 spiro atoms. The number of benzene rings is 1. The smallest absolute Gasteiger partial charge is 0.298 e. The Balaban J connectivity index is 3.26.